The summed E-state index contributed by atoms with van der Waals surface area (Å²) < 4.78 is 18.5. The average molecular weight is 365 g/mol. The molecule has 1 fully saturated rings. The first-order valence-corrected chi connectivity index (χ1v) is 8.98. The molecule has 0 saturated carbocycles. The Labute approximate surface area is 154 Å². The highest BCUT2D eigenvalue weighted by atomic mass is 19.1. The molecule has 8 heteroatoms. The second kappa shape index (κ2) is 10.7. The third-order valence-corrected chi connectivity index (χ3v) is 4.07. The fraction of sp³-hybridized carbons (Fsp3) is 0.556. The highest BCUT2D eigenvalue weighted by molar-refractivity contribution is 5.94. The van der Waals surface area contributed by atoms with Crippen LogP contribution in [-0.4, -0.2) is 68.7 Å². The molecule has 7 nitrogen and oxygen atoms in total. The molecule has 1 amide bonds. The van der Waals surface area contributed by atoms with Crippen molar-refractivity contribution in [1.29, 1.82) is 0 Å². The van der Waals surface area contributed by atoms with Gasteiger partial charge in [0.25, 0.3) is 0 Å². The van der Waals surface area contributed by atoms with Crippen molar-refractivity contribution in [3.8, 4) is 0 Å². The van der Waals surface area contributed by atoms with Gasteiger partial charge in [0.15, 0.2) is 5.96 Å². The Kier molecular flexibility index (Phi) is 8.30. The van der Waals surface area contributed by atoms with E-state index in [9.17, 15) is 9.18 Å². The highest BCUT2D eigenvalue weighted by Crippen LogP contribution is 2.08. The lowest BCUT2D eigenvalue weighted by atomic mass is 10.2. The number of guanidine groups is 1. The Bertz CT molecular complexity index is 605. The molecule has 1 aliphatic heterocycles. The van der Waals surface area contributed by atoms with Crippen molar-refractivity contribution in [3.05, 3.63) is 30.1 Å². The number of nitrogens with zero attached hydrogens (tertiary/aromatic N) is 2. The van der Waals surface area contributed by atoms with Crippen molar-refractivity contribution in [2.75, 3.05) is 51.3 Å². The lowest BCUT2D eigenvalue weighted by Gasteiger charge is -2.32. The minimum absolute atomic E-state index is 0.0439. The number of amides is 1. The Balaban J connectivity index is 1.81. The van der Waals surface area contributed by atoms with Crippen LogP contribution >= 0.6 is 0 Å². The maximum Gasteiger partial charge on any atom is 0.246 e. The van der Waals surface area contributed by atoms with Gasteiger partial charge in [-0.25, -0.2) is 9.38 Å². The van der Waals surface area contributed by atoms with E-state index >= 15 is 0 Å². The summed E-state index contributed by atoms with van der Waals surface area (Å²) in [6.45, 7) is 8.86. The predicted molar refractivity (Wildman–Crippen MR) is 101 cm³/mol. The first kappa shape index (κ1) is 20.1. The van der Waals surface area contributed by atoms with Crippen LogP contribution in [0, 0.1) is 5.82 Å². The number of hydrogen-bond acceptors (Lipinski definition) is 4. The Morgan fingerprint density at radius 1 is 1.35 bits per heavy atom. The molecule has 1 aromatic rings. The van der Waals surface area contributed by atoms with E-state index in [0.29, 0.717) is 24.2 Å². The number of aliphatic imine (C=N–C) groups is 1. The predicted octanol–water partition coefficient (Wildman–Crippen LogP) is 1.04. The van der Waals surface area contributed by atoms with Crippen LogP contribution in [0.4, 0.5) is 10.1 Å². The summed E-state index contributed by atoms with van der Waals surface area (Å²) >= 11 is 0. The zero-order valence-electron chi connectivity index (χ0n) is 15.4. The number of halogens is 1. The van der Waals surface area contributed by atoms with E-state index in [-0.39, 0.29) is 12.5 Å². The number of nitrogens with one attached hydrogen (secondary N) is 3. The van der Waals surface area contributed by atoms with Gasteiger partial charge in [0, 0.05) is 37.9 Å². The molecule has 0 spiro atoms. The van der Waals surface area contributed by atoms with E-state index < -0.39 is 5.82 Å². The smallest absolute Gasteiger partial charge is 0.246 e. The van der Waals surface area contributed by atoms with Gasteiger partial charge >= 0.3 is 0 Å². The van der Waals surface area contributed by atoms with Crippen LogP contribution in [0.15, 0.2) is 29.3 Å². The molecule has 1 unspecified atom stereocenters. The molecule has 1 aliphatic rings. The quantitative estimate of drug-likeness (QED) is 0.497. The SMILES string of the molecule is CCNC(=NCC(=O)Nc1cccc(F)c1)NCC(C)N1CCOCC1. The molecule has 0 bridgehead atoms. The number of benzene rings is 1. The number of hydrogen-bond donors (Lipinski definition) is 3. The number of morpholine rings is 1. The van der Waals surface area contributed by atoms with Gasteiger partial charge in [-0.05, 0) is 32.0 Å². The molecule has 1 atom stereocenters. The summed E-state index contributed by atoms with van der Waals surface area (Å²) in [6, 6.07) is 6.13. The maximum absolute atomic E-state index is 13.2. The first-order chi connectivity index (χ1) is 12.6. The van der Waals surface area contributed by atoms with Gasteiger partial charge in [-0.15, -0.1) is 0 Å². The number of ether oxygens (including phenoxy) is 1. The van der Waals surface area contributed by atoms with Crippen LogP contribution in [0.2, 0.25) is 0 Å². The molecule has 0 radical (unpaired) electrons. The van der Waals surface area contributed by atoms with E-state index in [4.69, 9.17) is 4.74 Å². The molecule has 144 valence electrons. The van der Waals surface area contributed by atoms with Crippen LogP contribution in [0.25, 0.3) is 0 Å². The summed E-state index contributed by atoms with van der Waals surface area (Å²) in [4.78, 5) is 18.7. The van der Waals surface area contributed by atoms with Crippen LogP contribution in [0.1, 0.15) is 13.8 Å². The topological polar surface area (TPSA) is 78.0 Å². The van der Waals surface area contributed by atoms with Crippen molar-refractivity contribution < 1.29 is 13.9 Å². The largest absolute Gasteiger partial charge is 0.379 e. The van der Waals surface area contributed by atoms with Crippen LogP contribution < -0.4 is 16.0 Å². The Hall–Kier alpha value is -2.19. The van der Waals surface area contributed by atoms with E-state index in [2.05, 4.69) is 32.8 Å². The highest BCUT2D eigenvalue weighted by Gasteiger charge is 2.17. The number of rotatable bonds is 7. The third kappa shape index (κ3) is 6.97. The van der Waals surface area contributed by atoms with Crippen molar-refractivity contribution in [1.82, 2.24) is 15.5 Å². The van der Waals surface area contributed by atoms with Crippen molar-refractivity contribution in [2.24, 2.45) is 4.99 Å². The van der Waals surface area contributed by atoms with E-state index in [1.165, 1.54) is 12.1 Å². The van der Waals surface area contributed by atoms with Gasteiger partial charge in [-0.1, -0.05) is 6.07 Å². The molecule has 0 aromatic heterocycles. The third-order valence-electron chi connectivity index (χ3n) is 4.07. The molecule has 26 heavy (non-hydrogen) atoms. The number of carbonyl (C=O) groups is 1. The van der Waals surface area contributed by atoms with Crippen LogP contribution in [0.5, 0.6) is 0 Å². The van der Waals surface area contributed by atoms with Crippen molar-refractivity contribution in [2.45, 2.75) is 19.9 Å². The molecular weight excluding hydrogens is 337 g/mol. The molecule has 3 N–H and O–H groups in total. The molecule has 2 rings (SSSR count). The summed E-state index contributed by atoms with van der Waals surface area (Å²) in [5, 5.41) is 9.02. The summed E-state index contributed by atoms with van der Waals surface area (Å²) in [7, 11) is 0. The summed E-state index contributed by atoms with van der Waals surface area (Å²) in [6.07, 6.45) is 0. The standard InChI is InChI=1S/C18H28FN5O2/c1-3-20-18(21-12-14(2)24-7-9-26-10-8-24)22-13-17(25)23-16-6-4-5-15(19)11-16/h4-6,11,14H,3,7-10,12-13H2,1-2H3,(H,23,25)(H2,20,21,22). The minimum atomic E-state index is -0.390. The fourth-order valence-corrected chi connectivity index (χ4v) is 2.65. The lowest BCUT2D eigenvalue weighted by Crippen LogP contribution is -2.49. The maximum atomic E-state index is 13.2. The fourth-order valence-electron chi connectivity index (χ4n) is 2.65. The van der Waals surface area contributed by atoms with Crippen molar-refractivity contribution in [3.63, 3.8) is 0 Å². The van der Waals surface area contributed by atoms with E-state index in [1.54, 1.807) is 12.1 Å². The molecular formula is C18H28FN5O2. The molecule has 0 aliphatic carbocycles. The summed E-state index contributed by atoms with van der Waals surface area (Å²) in [5.41, 5.74) is 0.420. The Morgan fingerprint density at radius 2 is 2.12 bits per heavy atom. The molecule has 1 saturated heterocycles. The minimum Gasteiger partial charge on any atom is -0.379 e. The van der Waals surface area contributed by atoms with E-state index in [0.717, 1.165) is 32.8 Å². The normalized spacial score (nSPS) is 16.8. The Morgan fingerprint density at radius 3 is 2.81 bits per heavy atom. The number of anilines is 1. The molecule has 1 heterocycles. The lowest BCUT2D eigenvalue weighted by molar-refractivity contribution is -0.114. The molecule has 1 aromatic carbocycles. The average Bonchev–Trinajstić information content (AvgIpc) is 2.64. The summed E-state index contributed by atoms with van der Waals surface area (Å²) in [5.74, 6) is -0.102. The second-order valence-corrected chi connectivity index (χ2v) is 6.13. The van der Waals surface area contributed by atoms with Gasteiger partial charge in [0.1, 0.15) is 12.4 Å². The van der Waals surface area contributed by atoms with Gasteiger partial charge in [0.2, 0.25) is 5.91 Å². The first-order valence-electron chi connectivity index (χ1n) is 8.98. The zero-order valence-corrected chi connectivity index (χ0v) is 15.4. The van der Waals surface area contributed by atoms with Crippen molar-refractivity contribution >= 4 is 17.6 Å². The second-order valence-electron chi connectivity index (χ2n) is 6.13. The van der Waals surface area contributed by atoms with Gasteiger partial charge in [-0.2, -0.15) is 0 Å². The van der Waals surface area contributed by atoms with Crippen LogP contribution in [0.3, 0.4) is 0 Å². The monoisotopic (exact) mass is 365 g/mol. The number of carbonyl (C=O) groups excluding carboxylic acids is 1. The zero-order chi connectivity index (χ0) is 18.8. The van der Waals surface area contributed by atoms with Gasteiger partial charge in [0.05, 0.1) is 13.2 Å². The van der Waals surface area contributed by atoms with E-state index in [1.807, 2.05) is 6.92 Å². The van der Waals surface area contributed by atoms with Gasteiger partial charge < -0.3 is 20.7 Å². The van der Waals surface area contributed by atoms with Gasteiger partial charge in [-0.3, -0.25) is 9.69 Å². The van der Waals surface area contributed by atoms with Crippen LogP contribution in [-0.2, 0) is 9.53 Å².